The van der Waals surface area contributed by atoms with Crippen LogP contribution in [-0.2, 0) is 11.3 Å². The maximum absolute atomic E-state index is 11.9. The summed E-state index contributed by atoms with van der Waals surface area (Å²) in [4.78, 5) is 23.3. The molecule has 0 bridgehead atoms. The number of rotatable bonds is 5. The van der Waals surface area contributed by atoms with Gasteiger partial charge in [0, 0.05) is 32.1 Å². The number of hydrogen-bond acceptors (Lipinski definition) is 5. The van der Waals surface area contributed by atoms with Gasteiger partial charge in [-0.25, -0.2) is 9.78 Å². The fourth-order valence-electron chi connectivity index (χ4n) is 1.77. The molecule has 0 radical (unpaired) electrons. The van der Waals surface area contributed by atoms with Crippen LogP contribution in [0.25, 0.3) is 0 Å². The highest BCUT2D eigenvalue weighted by atomic mass is 32.1. The van der Waals surface area contributed by atoms with Gasteiger partial charge in [-0.1, -0.05) is 0 Å². The van der Waals surface area contributed by atoms with Gasteiger partial charge in [0.25, 0.3) is 0 Å². The Bertz CT molecular complexity index is 558. The molecule has 0 unspecified atom stereocenters. The lowest BCUT2D eigenvalue weighted by atomic mass is 10.2. The molecule has 24 heavy (non-hydrogen) atoms. The number of carbonyl (C=O) groups excluding carboxylic acids is 1. The lowest BCUT2D eigenvalue weighted by molar-refractivity contribution is 0.0302. The largest absolute Gasteiger partial charge is 0.444 e. The Hall–Kier alpha value is -1.83. The summed E-state index contributed by atoms with van der Waals surface area (Å²) in [5.41, 5.74) is 0.582. The summed E-state index contributed by atoms with van der Waals surface area (Å²) in [5, 5.41) is 7.42. The topological polar surface area (TPSA) is 78.9 Å². The standard InChI is InChI=1S/C16H29N5O2S/c1-11-12(2)24-13(20-11)10-19-14(17-6)18-8-9-21(7)15(22)23-16(3,4)5/h8-10H2,1-7H3,(H2,17,18,19). The van der Waals surface area contributed by atoms with Crippen molar-refractivity contribution in [3.63, 3.8) is 0 Å². The van der Waals surface area contributed by atoms with Crippen LogP contribution in [0.1, 0.15) is 36.3 Å². The van der Waals surface area contributed by atoms with E-state index in [1.165, 1.54) is 4.88 Å². The molecule has 0 aromatic carbocycles. The van der Waals surface area contributed by atoms with Crippen molar-refractivity contribution in [1.29, 1.82) is 0 Å². The van der Waals surface area contributed by atoms with E-state index >= 15 is 0 Å². The minimum Gasteiger partial charge on any atom is -0.444 e. The van der Waals surface area contributed by atoms with E-state index in [4.69, 9.17) is 4.74 Å². The lowest BCUT2D eigenvalue weighted by Gasteiger charge is -2.24. The first kappa shape index (κ1) is 20.2. The third kappa shape index (κ3) is 7.16. The smallest absolute Gasteiger partial charge is 0.410 e. The number of nitrogens with one attached hydrogen (secondary N) is 2. The molecule has 0 spiro atoms. The molecular weight excluding hydrogens is 326 g/mol. The minimum absolute atomic E-state index is 0.332. The Labute approximate surface area is 148 Å². The van der Waals surface area contributed by atoms with Crippen LogP contribution in [0.5, 0.6) is 0 Å². The van der Waals surface area contributed by atoms with Crippen LogP contribution in [0.2, 0.25) is 0 Å². The molecule has 7 nitrogen and oxygen atoms in total. The van der Waals surface area contributed by atoms with Gasteiger partial charge < -0.3 is 20.3 Å². The van der Waals surface area contributed by atoms with Crippen LogP contribution in [0, 0.1) is 13.8 Å². The zero-order chi connectivity index (χ0) is 18.3. The number of guanidine groups is 1. The third-order valence-corrected chi connectivity index (χ3v) is 4.22. The van der Waals surface area contributed by atoms with Crippen molar-refractivity contribution in [3.05, 3.63) is 15.6 Å². The lowest BCUT2D eigenvalue weighted by Crippen LogP contribution is -2.42. The Morgan fingerprint density at radius 3 is 2.50 bits per heavy atom. The Balaban J connectivity index is 2.35. The monoisotopic (exact) mass is 355 g/mol. The van der Waals surface area contributed by atoms with Crippen molar-refractivity contribution >= 4 is 23.4 Å². The van der Waals surface area contributed by atoms with Crippen LogP contribution < -0.4 is 10.6 Å². The van der Waals surface area contributed by atoms with Crippen molar-refractivity contribution in [3.8, 4) is 0 Å². The zero-order valence-corrected chi connectivity index (χ0v) is 16.5. The molecule has 0 aliphatic rings. The second-order valence-electron chi connectivity index (χ2n) is 6.50. The summed E-state index contributed by atoms with van der Waals surface area (Å²) in [7, 11) is 3.43. The zero-order valence-electron chi connectivity index (χ0n) is 15.7. The van der Waals surface area contributed by atoms with Crippen LogP contribution >= 0.6 is 11.3 Å². The first-order chi connectivity index (χ1) is 11.1. The Morgan fingerprint density at radius 2 is 2.00 bits per heavy atom. The molecule has 0 aliphatic heterocycles. The Kier molecular flexibility index (Phi) is 7.47. The fraction of sp³-hybridized carbons (Fsp3) is 0.688. The maximum Gasteiger partial charge on any atom is 0.410 e. The first-order valence-corrected chi connectivity index (χ1v) is 8.75. The van der Waals surface area contributed by atoms with Crippen LogP contribution in [0.3, 0.4) is 0 Å². The van der Waals surface area contributed by atoms with Gasteiger partial charge >= 0.3 is 6.09 Å². The van der Waals surface area contributed by atoms with E-state index in [2.05, 4.69) is 27.5 Å². The highest BCUT2D eigenvalue weighted by Gasteiger charge is 2.19. The summed E-state index contributed by atoms with van der Waals surface area (Å²) in [6, 6.07) is 0. The number of amides is 1. The van der Waals surface area contributed by atoms with Crippen molar-refractivity contribution in [2.24, 2.45) is 4.99 Å². The summed E-state index contributed by atoms with van der Waals surface area (Å²) < 4.78 is 5.31. The van der Waals surface area contributed by atoms with Gasteiger partial charge in [-0.05, 0) is 34.6 Å². The van der Waals surface area contributed by atoms with Gasteiger partial charge in [-0.15, -0.1) is 11.3 Å². The van der Waals surface area contributed by atoms with Gasteiger partial charge in [0.15, 0.2) is 5.96 Å². The molecule has 1 aromatic rings. The molecule has 2 N–H and O–H groups in total. The quantitative estimate of drug-likeness (QED) is 0.626. The highest BCUT2D eigenvalue weighted by Crippen LogP contribution is 2.15. The van der Waals surface area contributed by atoms with Crippen LogP contribution in [0.4, 0.5) is 4.79 Å². The van der Waals surface area contributed by atoms with Gasteiger partial charge in [0.2, 0.25) is 0 Å². The summed E-state index contributed by atoms with van der Waals surface area (Å²) in [5.74, 6) is 0.679. The van der Waals surface area contributed by atoms with Crippen LogP contribution in [0.15, 0.2) is 4.99 Å². The average molecular weight is 356 g/mol. The SMILES string of the molecule is CN=C(NCCN(C)C(=O)OC(C)(C)C)NCc1nc(C)c(C)s1. The molecule has 0 aliphatic carbocycles. The second-order valence-corrected chi connectivity index (χ2v) is 7.79. The normalized spacial score (nSPS) is 12.0. The van der Waals surface area contributed by atoms with Crippen LogP contribution in [-0.4, -0.2) is 54.7 Å². The number of carbonyl (C=O) groups is 1. The van der Waals surface area contributed by atoms with Gasteiger partial charge in [0.1, 0.15) is 10.6 Å². The predicted molar refractivity (Wildman–Crippen MR) is 98.7 cm³/mol. The van der Waals surface area contributed by atoms with Gasteiger partial charge in [-0.2, -0.15) is 0 Å². The minimum atomic E-state index is -0.486. The van der Waals surface area contributed by atoms with E-state index < -0.39 is 5.60 Å². The number of aryl methyl sites for hydroxylation is 2. The van der Waals surface area contributed by atoms with E-state index in [-0.39, 0.29) is 6.09 Å². The molecular formula is C16H29N5O2S. The first-order valence-electron chi connectivity index (χ1n) is 7.94. The summed E-state index contributed by atoms with van der Waals surface area (Å²) >= 11 is 1.68. The van der Waals surface area contributed by atoms with E-state index in [1.807, 2.05) is 27.7 Å². The predicted octanol–water partition coefficient (Wildman–Crippen LogP) is 2.29. The Morgan fingerprint density at radius 1 is 1.33 bits per heavy atom. The average Bonchev–Trinajstić information content (AvgIpc) is 2.79. The highest BCUT2D eigenvalue weighted by molar-refractivity contribution is 7.11. The second kappa shape index (κ2) is 8.86. The molecule has 0 saturated carbocycles. The number of thiazole rings is 1. The van der Waals surface area contributed by atoms with E-state index in [9.17, 15) is 4.79 Å². The summed E-state index contributed by atoms with van der Waals surface area (Å²) in [6.45, 7) is 11.3. The van der Waals surface area contributed by atoms with E-state index in [1.54, 1.807) is 30.3 Å². The third-order valence-electron chi connectivity index (χ3n) is 3.15. The van der Waals surface area contributed by atoms with E-state index in [0.29, 0.717) is 25.6 Å². The van der Waals surface area contributed by atoms with Crippen molar-refractivity contribution in [2.45, 2.75) is 46.8 Å². The number of likely N-dealkylation sites (N-methyl/N-ethyl adjacent to an activating group) is 1. The molecule has 1 aromatic heterocycles. The molecule has 0 fully saturated rings. The molecule has 8 heteroatoms. The number of aliphatic imine (C=N–C) groups is 1. The fourth-order valence-corrected chi connectivity index (χ4v) is 2.64. The van der Waals surface area contributed by atoms with Crippen molar-refractivity contribution < 1.29 is 9.53 Å². The van der Waals surface area contributed by atoms with Crippen molar-refractivity contribution in [1.82, 2.24) is 20.5 Å². The number of nitrogens with zero attached hydrogens (tertiary/aromatic N) is 3. The molecule has 1 heterocycles. The molecule has 1 rings (SSSR count). The summed E-state index contributed by atoms with van der Waals surface area (Å²) in [6.07, 6.45) is -0.332. The van der Waals surface area contributed by atoms with E-state index in [0.717, 1.165) is 10.7 Å². The van der Waals surface area contributed by atoms with Gasteiger partial charge in [-0.3, -0.25) is 4.99 Å². The molecule has 0 atom stereocenters. The maximum atomic E-state index is 11.9. The molecule has 0 saturated heterocycles. The molecule has 1 amide bonds. The number of ether oxygens (including phenoxy) is 1. The van der Waals surface area contributed by atoms with Crippen molar-refractivity contribution in [2.75, 3.05) is 27.2 Å². The number of hydrogen-bond donors (Lipinski definition) is 2. The molecule has 136 valence electrons. The number of aromatic nitrogens is 1. The van der Waals surface area contributed by atoms with Gasteiger partial charge in [0.05, 0.1) is 12.2 Å².